The molecule has 2 heteroatoms. The lowest BCUT2D eigenvalue weighted by Crippen LogP contribution is -1.86. The fraction of sp³-hybridized carbons (Fsp3) is 0. The number of thiophene rings is 1. The van der Waals surface area contributed by atoms with Gasteiger partial charge in [-0.25, -0.2) is 0 Å². The molecule has 0 N–H and O–H groups in total. The van der Waals surface area contributed by atoms with E-state index in [9.17, 15) is 4.79 Å². The first-order valence-corrected chi connectivity index (χ1v) is 5.89. The summed E-state index contributed by atoms with van der Waals surface area (Å²) in [7, 11) is 0. The maximum absolute atomic E-state index is 11.4. The van der Waals surface area contributed by atoms with Crippen molar-refractivity contribution in [3.8, 4) is 23.7 Å². The van der Waals surface area contributed by atoms with Crippen LogP contribution in [0.4, 0.5) is 0 Å². The van der Waals surface area contributed by atoms with Crippen LogP contribution in [-0.2, 0) is 4.79 Å². The summed E-state index contributed by atoms with van der Waals surface area (Å²) >= 11 is 1.51. The Morgan fingerprint density at radius 1 is 0.941 bits per heavy atom. The molecule has 0 amide bonds. The maximum Gasteiger partial charge on any atom is 0.279 e. The Kier molecular flexibility index (Phi) is 3.76. The van der Waals surface area contributed by atoms with Crippen LogP contribution in [0.25, 0.3) is 0 Å². The van der Waals surface area contributed by atoms with E-state index in [4.69, 9.17) is 0 Å². The molecule has 1 heterocycles. The predicted molar refractivity (Wildman–Crippen MR) is 69.5 cm³/mol. The van der Waals surface area contributed by atoms with Crippen molar-refractivity contribution in [1.29, 1.82) is 0 Å². The zero-order valence-electron chi connectivity index (χ0n) is 8.94. The summed E-state index contributed by atoms with van der Waals surface area (Å²) < 4.78 is 0. The van der Waals surface area contributed by atoms with E-state index in [0.29, 0.717) is 0 Å². The molecule has 0 aliphatic carbocycles. The summed E-state index contributed by atoms with van der Waals surface area (Å²) in [5.74, 6) is 10.2. The van der Waals surface area contributed by atoms with E-state index in [2.05, 4.69) is 23.7 Å². The Morgan fingerprint density at radius 2 is 1.71 bits per heavy atom. The number of benzene rings is 1. The summed E-state index contributed by atoms with van der Waals surface area (Å²) in [6, 6.07) is 13.1. The largest absolute Gasteiger partial charge is 0.279 e. The third-order valence-corrected chi connectivity index (χ3v) is 2.70. The van der Waals surface area contributed by atoms with E-state index in [-0.39, 0.29) is 5.78 Å². The Hall–Kier alpha value is -2.29. The number of Topliss-reactive ketones (excluding diaryl/α,β-unsaturated/α-hetero) is 1. The van der Waals surface area contributed by atoms with Gasteiger partial charge in [-0.3, -0.25) is 4.79 Å². The number of ketones is 1. The van der Waals surface area contributed by atoms with Crippen LogP contribution in [0.5, 0.6) is 0 Å². The van der Waals surface area contributed by atoms with Gasteiger partial charge in [0, 0.05) is 5.56 Å². The summed E-state index contributed by atoms with van der Waals surface area (Å²) in [5, 5.41) is 1.92. The van der Waals surface area contributed by atoms with Crippen LogP contribution in [0.2, 0.25) is 0 Å². The van der Waals surface area contributed by atoms with Gasteiger partial charge in [0.05, 0.1) is 4.88 Å². The number of carbonyl (C=O) groups is 1. The van der Waals surface area contributed by atoms with Gasteiger partial charge in [-0.1, -0.05) is 30.2 Å². The summed E-state index contributed by atoms with van der Waals surface area (Å²) in [6.07, 6.45) is 0. The van der Waals surface area contributed by atoms with Crippen LogP contribution >= 0.6 is 11.3 Å². The van der Waals surface area contributed by atoms with Crippen molar-refractivity contribution < 1.29 is 4.79 Å². The molecule has 0 saturated heterocycles. The van der Waals surface area contributed by atoms with Crippen molar-refractivity contribution in [2.45, 2.75) is 0 Å². The molecule has 2 aromatic rings. The number of carbonyl (C=O) groups excluding carboxylic acids is 1. The summed E-state index contributed by atoms with van der Waals surface area (Å²) in [6.45, 7) is 0. The topological polar surface area (TPSA) is 17.1 Å². The lowest BCUT2D eigenvalue weighted by molar-refractivity contribution is -0.108. The first-order valence-electron chi connectivity index (χ1n) is 5.01. The quantitative estimate of drug-likeness (QED) is 0.643. The van der Waals surface area contributed by atoms with Crippen LogP contribution < -0.4 is 0 Å². The minimum atomic E-state index is -0.359. The Bertz CT molecular complexity index is 616. The zero-order valence-corrected chi connectivity index (χ0v) is 9.75. The molecule has 0 atom stereocenters. The molecule has 0 aliphatic rings. The van der Waals surface area contributed by atoms with Gasteiger partial charge in [-0.15, -0.1) is 11.3 Å². The van der Waals surface area contributed by atoms with Gasteiger partial charge in [0.25, 0.3) is 5.78 Å². The highest BCUT2D eigenvalue weighted by atomic mass is 32.1. The molecule has 80 valence electrons. The highest BCUT2D eigenvalue weighted by molar-refractivity contribution is 7.10. The molecule has 0 spiro atoms. The van der Waals surface area contributed by atoms with Crippen LogP contribution in [0, 0.1) is 23.7 Å². The molecule has 0 unspecified atom stereocenters. The minimum Gasteiger partial charge on any atom is -0.270 e. The average Bonchev–Trinajstić information content (AvgIpc) is 2.88. The fourth-order valence-corrected chi connectivity index (χ4v) is 1.72. The van der Waals surface area contributed by atoms with Crippen molar-refractivity contribution in [2.24, 2.45) is 0 Å². The Balaban J connectivity index is 2.06. The first kappa shape index (κ1) is 11.2. The highest BCUT2D eigenvalue weighted by Crippen LogP contribution is 2.05. The number of rotatable bonds is 0. The van der Waals surface area contributed by atoms with E-state index < -0.39 is 0 Å². The fourth-order valence-electron chi connectivity index (χ4n) is 1.15. The Labute approximate surface area is 104 Å². The first-order chi connectivity index (χ1) is 8.34. The molecule has 0 saturated carbocycles. The van der Waals surface area contributed by atoms with E-state index in [1.807, 2.05) is 47.8 Å². The normalized spacial score (nSPS) is 8.47. The second-order valence-electron chi connectivity index (χ2n) is 3.17. The van der Waals surface area contributed by atoms with Gasteiger partial charge < -0.3 is 0 Å². The van der Waals surface area contributed by atoms with E-state index in [1.165, 1.54) is 11.3 Å². The Morgan fingerprint density at radius 3 is 2.41 bits per heavy atom. The molecule has 0 bridgehead atoms. The van der Waals surface area contributed by atoms with Crippen molar-refractivity contribution in [3.05, 3.63) is 58.3 Å². The van der Waals surface area contributed by atoms with E-state index in [0.717, 1.165) is 10.4 Å². The van der Waals surface area contributed by atoms with E-state index >= 15 is 0 Å². The van der Waals surface area contributed by atoms with Gasteiger partial charge in [0.1, 0.15) is 0 Å². The van der Waals surface area contributed by atoms with Gasteiger partial charge >= 0.3 is 0 Å². The third-order valence-electron chi connectivity index (χ3n) is 1.91. The van der Waals surface area contributed by atoms with Crippen molar-refractivity contribution >= 4 is 17.1 Å². The van der Waals surface area contributed by atoms with Crippen molar-refractivity contribution in [3.63, 3.8) is 0 Å². The van der Waals surface area contributed by atoms with Gasteiger partial charge in [0.2, 0.25) is 0 Å². The smallest absolute Gasteiger partial charge is 0.270 e. The van der Waals surface area contributed by atoms with E-state index in [1.54, 1.807) is 0 Å². The predicted octanol–water partition coefficient (Wildman–Crippen LogP) is 2.72. The van der Waals surface area contributed by atoms with Crippen molar-refractivity contribution in [2.75, 3.05) is 0 Å². The van der Waals surface area contributed by atoms with Gasteiger partial charge in [-0.05, 0) is 41.3 Å². The average molecular weight is 236 g/mol. The maximum atomic E-state index is 11.4. The SMILES string of the molecule is O=C(C#Cc1ccccc1)C#Cc1cccs1. The standard InChI is InChI=1S/C15H8OS/c16-14(10-11-15-7-4-12-17-15)9-8-13-5-2-1-3-6-13/h1-7,12H. The van der Waals surface area contributed by atoms with Gasteiger partial charge in [-0.2, -0.15) is 0 Å². The highest BCUT2D eigenvalue weighted by Gasteiger charge is 1.89. The van der Waals surface area contributed by atoms with Crippen LogP contribution in [0.3, 0.4) is 0 Å². The molecule has 17 heavy (non-hydrogen) atoms. The van der Waals surface area contributed by atoms with Crippen LogP contribution in [0.1, 0.15) is 10.4 Å². The van der Waals surface area contributed by atoms with Crippen LogP contribution in [0.15, 0.2) is 47.8 Å². The zero-order chi connectivity index (χ0) is 11.9. The number of hydrogen-bond acceptors (Lipinski definition) is 2. The molecule has 1 aromatic heterocycles. The molecular formula is C15H8OS. The summed E-state index contributed by atoms with van der Waals surface area (Å²) in [4.78, 5) is 12.2. The second kappa shape index (κ2) is 5.70. The van der Waals surface area contributed by atoms with Gasteiger partial charge in [0.15, 0.2) is 0 Å². The molecule has 1 nitrogen and oxygen atoms in total. The molecule has 0 aliphatic heterocycles. The lowest BCUT2D eigenvalue weighted by atomic mass is 10.2. The monoisotopic (exact) mass is 236 g/mol. The third kappa shape index (κ3) is 3.65. The molecular weight excluding hydrogens is 228 g/mol. The number of hydrogen-bond donors (Lipinski definition) is 0. The second-order valence-corrected chi connectivity index (χ2v) is 4.12. The molecule has 2 rings (SSSR count). The van der Waals surface area contributed by atoms with Crippen LogP contribution in [-0.4, -0.2) is 5.78 Å². The van der Waals surface area contributed by atoms with Crippen molar-refractivity contribution in [1.82, 2.24) is 0 Å². The molecule has 1 aromatic carbocycles. The summed E-state index contributed by atoms with van der Waals surface area (Å²) in [5.41, 5.74) is 0.818. The minimum absolute atomic E-state index is 0.359. The molecule has 0 radical (unpaired) electrons. The lowest BCUT2D eigenvalue weighted by Gasteiger charge is -1.84. The molecule has 0 fully saturated rings.